The molecule has 0 aromatic heterocycles. The highest BCUT2D eigenvalue weighted by Gasteiger charge is 2.37. The van der Waals surface area contributed by atoms with Gasteiger partial charge in [-0.25, -0.2) is 0 Å². The van der Waals surface area contributed by atoms with Crippen molar-refractivity contribution in [2.45, 2.75) is 305 Å². The molecule has 0 saturated carbocycles. The van der Waals surface area contributed by atoms with Crippen molar-refractivity contribution in [3.8, 4) is 0 Å². The minimum atomic E-state index is -1.40. The molecule has 5 unspecified atom stereocenters. The summed E-state index contributed by atoms with van der Waals surface area (Å²) in [7, 11) is 0. The fraction of sp³-hybridized carbons (Fsp3) is 0.952. The highest BCUT2D eigenvalue weighted by Crippen LogP contribution is 2.25. The quantitative estimate of drug-likeness (QED) is 0.0220. The molecule has 0 bridgehead atoms. The molecule has 23 heteroatoms. The first-order chi connectivity index (χ1) is 39.2. The van der Waals surface area contributed by atoms with Crippen molar-refractivity contribution in [1.29, 1.82) is 0 Å². The van der Waals surface area contributed by atoms with Gasteiger partial charge in [-0.15, -0.1) is 0 Å². The molecule has 1 aliphatic heterocycles. The summed E-state index contributed by atoms with van der Waals surface area (Å²) >= 11 is 0. The van der Waals surface area contributed by atoms with Gasteiger partial charge in [0.05, 0.1) is 66.8 Å². The van der Waals surface area contributed by atoms with Crippen LogP contribution in [-0.4, -0.2) is 259 Å². The van der Waals surface area contributed by atoms with Gasteiger partial charge in [0, 0.05) is 45.5 Å². The number of hydrogen-bond donors (Lipinski definition) is 8. The Morgan fingerprint density at radius 2 is 1.00 bits per heavy atom. The molecule has 8 N–H and O–H groups in total. The monoisotopic (exact) mass is 1240 g/mol. The lowest BCUT2D eigenvalue weighted by atomic mass is 10.1. The number of hydrogen-bond acceptors (Lipinski definition) is 23. The Morgan fingerprint density at radius 3 is 1.50 bits per heavy atom. The molecule has 0 radical (unpaired) electrons. The predicted molar refractivity (Wildman–Crippen MR) is 336 cm³/mol. The summed E-state index contributed by atoms with van der Waals surface area (Å²) in [5.41, 5.74) is -5.02. The van der Waals surface area contributed by atoms with Crippen molar-refractivity contribution in [3.05, 3.63) is 0 Å². The minimum Gasteiger partial charge on any atom is -0.459 e. The number of aliphatic hydroxyl groups is 7. The van der Waals surface area contributed by atoms with Gasteiger partial charge in [-0.3, -0.25) is 39.5 Å². The van der Waals surface area contributed by atoms with Gasteiger partial charge in [0.2, 0.25) is 6.41 Å². The maximum absolute atomic E-state index is 14.2. The smallest absolute Gasteiger partial charge is 0.323 e. The number of unbranched alkanes of at least 4 members (excludes halogenated alkanes) is 2. The van der Waals surface area contributed by atoms with Crippen molar-refractivity contribution in [1.82, 2.24) is 29.8 Å². The molecule has 1 rings (SSSR count). The molecule has 1 aliphatic rings. The average Bonchev–Trinajstić information content (AvgIpc) is 3.37. The van der Waals surface area contributed by atoms with Crippen LogP contribution >= 0.6 is 0 Å². The summed E-state index contributed by atoms with van der Waals surface area (Å²) in [5, 5.41) is 82.7. The predicted octanol–water partition coefficient (Wildman–Crippen LogP) is 5.75. The topological polar surface area (TPSA) is 281 Å². The lowest BCUT2D eigenvalue weighted by Gasteiger charge is -2.40. The van der Waals surface area contributed by atoms with E-state index in [-0.39, 0.29) is 45.4 Å². The van der Waals surface area contributed by atoms with Crippen LogP contribution in [0.25, 0.3) is 0 Å². The Morgan fingerprint density at radius 1 is 0.512 bits per heavy atom. The number of carbonyl (C=O) groups excluding carboxylic acids is 2. The zero-order valence-corrected chi connectivity index (χ0v) is 57.5. The first-order valence-corrected chi connectivity index (χ1v) is 31.7. The van der Waals surface area contributed by atoms with Crippen LogP contribution in [-0.2, 0) is 42.7 Å². The van der Waals surface area contributed by atoms with E-state index < -0.39 is 107 Å². The van der Waals surface area contributed by atoms with E-state index in [0.29, 0.717) is 84.6 Å². The van der Waals surface area contributed by atoms with Crippen molar-refractivity contribution >= 4 is 18.2 Å². The van der Waals surface area contributed by atoms with Gasteiger partial charge >= 0.3 is 11.9 Å². The number of aliphatic imine (C=N–C) groups is 1. The van der Waals surface area contributed by atoms with Crippen LogP contribution in [0, 0.1) is 0 Å². The van der Waals surface area contributed by atoms with Crippen LogP contribution in [0.3, 0.4) is 0 Å². The van der Waals surface area contributed by atoms with E-state index in [1.165, 1.54) is 0 Å². The molecule has 0 saturated heterocycles. The first kappa shape index (κ1) is 81.9. The second-order valence-corrected chi connectivity index (χ2v) is 30.0. The molecule has 0 aromatic rings. The fourth-order valence-electron chi connectivity index (χ4n) is 9.83. The van der Waals surface area contributed by atoms with E-state index in [4.69, 9.17) is 38.2 Å². The summed E-state index contributed by atoms with van der Waals surface area (Å²) < 4.78 is 41.0. The van der Waals surface area contributed by atoms with Crippen LogP contribution in [0.15, 0.2) is 4.99 Å². The van der Waals surface area contributed by atoms with E-state index in [1.54, 1.807) is 51.3 Å². The number of aliphatic hydroxyl groups excluding tert-OH is 7. The molecule has 510 valence electrons. The molecule has 86 heavy (non-hydrogen) atoms. The van der Waals surface area contributed by atoms with E-state index in [9.17, 15) is 45.3 Å². The molecular formula is C63H127N7O16. The normalized spacial score (nSPS) is 19.7. The SMILES string of the molecule is CC(C)(C)OC(=O)CN(CC(O)OC(C)(C)C)C(CCCN1CC/C=N/CCN([C@H](O)CCC(C(O)OC(C)(C)C)N(CC(O)OC(C)(C)C)C[C@H](O)OC(C)(C)C)CCCN([C@@H](O)CCCCCN[C@H](O)OC(C)(C)C)CC1)C(=O)OC(C)(C)C. The lowest BCUT2D eigenvalue weighted by molar-refractivity contribution is -0.232. The number of nitrogens with zero attached hydrogens (tertiary/aromatic N) is 6. The zero-order valence-electron chi connectivity index (χ0n) is 57.5. The zero-order chi connectivity index (χ0) is 66.1. The molecule has 0 spiro atoms. The number of ether oxygens (including phenoxy) is 7. The summed E-state index contributed by atoms with van der Waals surface area (Å²) in [4.78, 5) is 42.0. The van der Waals surface area contributed by atoms with Gasteiger partial charge in [-0.05, 0) is 216 Å². The van der Waals surface area contributed by atoms with E-state index in [1.807, 2.05) is 115 Å². The number of nitrogens with one attached hydrogen (secondary N) is 1. The third kappa shape index (κ3) is 42.0. The molecular weight excluding hydrogens is 1110 g/mol. The largest absolute Gasteiger partial charge is 0.459 e. The van der Waals surface area contributed by atoms with E-state index >= 15 is 0 Å². The highest BCUT2D eigenvalue weighted by molar-refractivity contribution is 5.78. The van der Waals surface area contributed by atoms with Crippen LogP contribution in [0.2, 0.25) is 0 Å². The number of rotatable bonds is 33. The van der Waals surface area contributed by atoms with Crippen molar-refractivity contribution in [2.75, 3.05) is 85.1 Å². The van der Waals surface area contributed by atoms with Crippen LogP contribution in [0.5, 0.6) is 0 Å². The van der Waals surface area contributed by atoms with Gasteiger partial charge < -0.3 is 73.8 Å². The maximum Gasteiger partial charge on any atom is 0.323 e. The highest BCUT2D eigenvalue weighted by atomic mass is 16.6. The van der Waals surface area contributed by atoms with Crippen molar-refractivity contribution in [2.24, 2.45) is 4.99 Å². The summed E-state index contributed by atoms with van der Waals surface area (Å²) in [6, 6.07) is -1.76. The van der Waals surface area contributed by atoms with Crippen LogP contribution in [0.1, 0.15) is 210 Å². The molecule has 9 atom stereocenters. The van der Waals surface area contributed by atoms with Crippen LogP contribution in [0.4, 0.5) is 0 Å². The third-order valence-corrected chi connectivity index (χ3v) is 13.0. The fourth-order valence-corrected chi connectivity index (χ4v) is 9.83. The molecule has 0 aromatic carbocycles. The molecule has 1 heterocycles. The third-order valence-electron chi connectivity index (χ3n) is 13.0. The maximum atomic E-state index is 14.2. The Hall–Kier alpha value is -2.11. The Balaban J connectivity index is 3.63. The Labute approximate surface area is 519 Å². The number of carbonyl (C=O) groups is 2. The van der Waals surface area contributed by atoms with Crippen molar-refractivity contribution in [3.63, 3.8) is 0 Å². The summed E-state index contributed by atoms with van der Waals surface area (Å²) in [6.07, 6.45) is -1.22. The van der Waals surface area contributed by atoms with Gasteiger partial charge in [0.25, 0.3) is 0 Å². The van der Waals surface area contributed by atoms with Crippen LogP contribution < -0.4 is 5.32 Å². The molecule has 0 aliphatic carbocycles. The number of esters is 2. The van der Waals surface area contributed by atoms with Gasteiger partial charge in [0.1, 0.15) is 29.7 Å². The summed E-state index contributed by atoms with van der Waals surface area (Å²) in [6.45, 7) is 42.0. The van der Waals surface area contributed by atoms with Gasteiger partial charge in [0.15, 0.2) is 25.2 Å². The molecule has 0 fully saturated rings. The Kier molecular flexibility index (Phi) is 36.2. The second kappa shape index (κ2) is 38.0. The molecule has 23 nitrogen and oxygen atoms in total. The summed E-state index contributed by atoms with van der Waals surface area (Å²) in [5.74, 6) is -1.09. The molecule has 0 amide bonds. The van der Waals surface area contributed by atoms with Gasteiger partial charge in [-0.2, -0.15) is 0 Å². The first-order valence-electron chi connectivity index (χ1n) is 31.7. The Bertz CT molecular complexity index is 1850. The minimum absolute atomic E-state index is 0.104. The lowest BCUT2D eigenvalue weighted by Crippen LogP contribution is -2.54. The van der Waals surface area contributed by atoms with E-state index in [0.717, 1.165) is 19.3 Å². The van der Waals surface area contributed by atoms with Gasteiger partial charge in [-0.1, -0.05) is 6.42 Å². The average molecular weight is 1240 g/mol. The standard InChI is InChI=1S/C63H127N7O16/c1-57(2,3)80-50(73)42-69(43-51(74)81-58(4,5)6)46(54(77)84-61(13,14)15)28-25-35-66-36-26-32-64-34-39-67(37-27-38-68(41-40-66)48(71)29-23-22-24-33-65-56(79)86-63(19,20)21)49(72)31-30-47(55(78)85-62(16,17)18)70(44-52(75)82-59(7,8)9)45-53(76)83-60(10,11)12/h32,46-50,52-53,55-56,65,71-73,75-76,78-79H,22-31,33-45H2,1-21H3/b64-32+/t46?,47?,48-,49+,50?,52+,53?,55?,56+/m0/s1. The second-order valence-electron chi connectivity index (χ2n) is 30.0. The van der Waals surface area contributed by atoms with Crippen molar-refractivity contribution < 1.29 is 78.5 Å². The van der Waals surface area contributed by atoms with E-state index in [2.05, 4.69) is 15.1 Å².